The van der Waals surface area contributed by atoms with Gasteiger partial charge >= 0.3 is 11.9 Å². The molecular weight excluding hydrogens is 320 g/mol. The van der Waals surface area contributed by atoms with Gasteiger partial charge in [-0.15, -0.1) is 0 Å². The number of carbonyl (C=O) groups is 2. The number of aromatic carboxylic acids is 1. The van der Waals surface area contributed by atoms with E-state index in [2.05, 4.69) is 5.10 Å². The summed E-state index contributed by atoms with van der Waals surface area (Å²) in [5.41, 5.74) is 1.29. The Kier molecular flexibility index (Phi) is 5.05. The molecule has 0 saturated carbocycles. The van der Waals surface area contributed by atoms with Crippen LogP contribution in [0.1, 0.15) is 53.2 Å². The first-order valence-corrected chi connectivity index (χ1v) is 7.53. The molecule has 0 atom stereocenters. The molecule has 0 unspecified atom stereocenters. The zero-order chi connectivity index (χ0) is 17.1. The van der Waals surface area contributed by atoms with Crippen LogP contribution in [-0.4, -0.2) is 33.4 Å². The molecular formula is C16H17ClN2O4. The van der Waals surface area contributed by atoms with E-state index in [4.69, 9.17) is 21.4 Å². The Morgan fingerprint density at radius 2 is 2.09 bits per heavy atom. The fourth-order valence-electron chi connectivity index (χ4n) is 2.21. The number of hydrogen-bond acceptors (Lipinski definition) is 4. The number of ether oxygens (including phenoxy) is 1. The van der Waals surface area contributed by atoms with Crippen LogP contribution in [0.25, 0.3) is 5.69 Å². The lowest BCUT2D eigenvalue weighted by Crippen LogP contribution is -2.08. The van der Waals surface area contributed by atoms with Gasteiger partial charge in [0, 0.05) is 0 Å². The Morgan fingerprint density at radius 1 is 1.39 bits per heavy atom. The third kappa shape index (κ3) is 3.37. The second kappa shape index (κ2) is 6.83. The molecule has 1 N–H and O–H groups in total. The van der Waals surface area contributed by atoms with Crippen LogP contribution >= 0.6 is 11.6 Å². The second-order valence-electron chi connectivity index (χ2n) is 5.19. The lowest BCUT2D eigenvalue weighted by molar-refractivity contribution is 0.0518. The van der Waals surface area contributed by atoms with Gasteiger partial charge in [-0.1, -0.05) is 31.5 Å². The topological polar surface area (TPSA) is 81.4 Å². The normalized spacial score (nSPS) is 10.8. The van der Waals surface area contributed by atoms with Crippen molar-refractivity contribution in [1.29, 1.82) is 0 Å². The molecule has 0 aliphatic carbocycles. The maximum absolute atomic E-state index is 12.0. The molecule has 2 aromatic rings. The maximum atomic E-state index is 12.0. The molecule has 6 nitrogen and oxygen atoms in total. The number of carboxylic acid groups (broad SMARTS) is 1. The van der Waals surface area contributed by atoms with E-state index >= 15 is 0 Å². The molecule has 0 aliphatic rings. The SMILES string of the molecule is CCOC(=O)c1nn(-c2cccc(C(=O)O)c2)c(C(C)C)c1Cl. The van der Waals surface area contributed by atoms with Crippen LogP contribution in [0, 0.1) is 0 Å². The number of benzene rings is 1. The largest absolute Gasteiger partial charge is 0.478 e. The van der Waals surface area contributed by atoms with Gasteiger partial charge < -0.3 is 9.84 Å². The van der Waals surface area contributed by atoms with Crippen molar-refractivity contribution in [3.05, 3.63) is 46.2 Å². The van der Waals surface area contributed by atoms with Crippen LogP contribution < -0.4 is 0 Å². The number of nitrogens with zero attached hydrogens (tertiary/aromatic N) is 2. The van der Waals surface area contributed by atoms with Gasteiger partial charge in [-0.3, -0.25) is 0 Å². The Morgan fingerprint density at radius 3 is 2.65 bits per heavy atom. The Labute approximate surface area is 138 Å². The molecule has 0 amide bonds. The highest BCUT2D eigenvalue weighted by atomic mass is 35.5. The number of carboxylic acids is 1. The van der Waals surface area contributed by atoms with Crippen molar-refractivity contribution in [2.24, 2.45) is 0 Å². The second-order valence-corrected chi connectivity index (χ2v) is 5.57. The first-order valence-electron chi connectivity index (χ1n) is 7.16. The van der Waals surface area contributed by atoms with Gasteiger partial charge in [-0.25, -0.2) is 14.3 Å². The average molecular weight is 337 g/mol. The zero-order valence-electron chi connectivity index (χ0n) is 13.0. The molecule has 0 aliphatic heterocycles. The standard InChI is InChI=1S/C16H17ClN2O4/c1-4-23-16(22)13-12(17)14(9(2)3)19(18-13)11-7-5-6-10(8-11)15(20)21/h5-9H,4H2,1-3H3,(H,20,21). The summed E-state index contributed by atoms with van der Waals surface area (Å²) in [6.07, 6.45) is 0. The number of carbonyl (C=O) groups excluding carboxylic acids is 1. The molecule has 0 bridgehead atoms. The van der Waals surface area contributed by atoms with Crippen LogP contribution in [0.4, 0.5) is 0 Å². The molecule has 1 heterocycles. The quantitative estimate of drug-likeness (QED) is 0.845. The minimum Gasteiger partial charge on any atom is -0.478 e. The average Bonchev–Trinajstić information content (AvgIpc) is 2.85. The summed E-state index contributed by atoms with van der Waals surface area (Å²) in [6, 6.07) is 6.28. The third-order valence-corrected chi connectivity index (χ3v) is 3.59. The molecule has 0 saturated heterocycles. The van der Waals surface area contributed by atoms with Crippen LogP contribution in [0.15, 0.2) is 24.3 Å². The summed E-state index contributed by atoms with van der Waals surface area (Å²) in [5, 5.41) is 13.6. The minimum atomic E-state index is -1.04. The van der Waals surface area contributed by atoms with Crippen molar-refractivity contribution < 1.29 is 19.4 Å². The number of aromatic nitrogens is 2. The van der Waals surface area contributed by atoms with Gasteiger partial charge in [0.2, 0.25) is 0 Å². The number of hydrogen-bond donors (Lipinski definition) is 1. The van der Waals surface area contributed by atoms with Gasteiger partial charge in [0.1, 0.15) is 0 Å². The molecule has 0 radical (unpaired) electrons. The van der Waals surface area contributed by atoms with E-state index in [1.54, 1.807) is 19.1 Å². The molecule has 23 heavy (non-hydrogen) atoms. The first kappa shape index (κ1) is 17.0. The van der Waals surface area contributed by atoms with Crippen molar-refractivity contribution in [3.63, 3.8) is 0 Å². The summed E-state index contributed by atoms with van der Waals surface area (Å²) in [7, 11) is 0. The smallest absolute Gasteiger partial charge is 0.360 e. The lowest BCUT2D eigenvalue weighted by atomic mass is 10.1. The molecule has 0 fully saturated rings. The summed E-state index contributed by atoms with van der Waals surface area (Å²) >= 11 is 6.31. The van der Waals surface area contributed by atoms with E-state index in [1.165, 1.54) is 16.8 Å². The first-order chi connectivity index (χ1) is 10.9. The summed E-state index contributed by atoms with van der Waals surface area (Å²) in [6.45, 7) is 5.74. The van der Waals surface area contributed by atoms with Gasteiger partial charge in [0.05, 0.1) is 28.6 Å². The molecule has 0 spiro atoms. The van der Waals surface area contributed by atoms with Crippen molar-refractivity contribution in [1.82, 2.24) is 9.78 Å². The fraction of sp³-hybridized carbons (Fsp3) is 0.312. The Bertz CT molecular complexity index is 753. The van der Waals surface area contributed by atoms with Crippen molar-refractivity contribution in [2.75, 3.05) is 6.61 Å². The Balaban J connectivity index is 2.62. The van der Waals surface area contributed by atoms with Crippen LogP contribution in [0.2, 0.25) is 5.02 Å². The van der Waals surface area contributed by atoms with Crippen molar-refractivity contribution in [3.8, 4) is 5.69 Å². The van der Waals surface area contributed by atoms with Gasteiger partial charge in [0.15, 0.2) is 5.69 Å². The van der Waals surface area contributed by atoms with Gasteiger partial charge in [0.25, 0.3) is 0 Å². The Hall–Kier alpha value is -2.34. The highest BCUT2D eigenvalue weighted by molar-refractivity contribution is 6.34. The highest BCUT2D eigenvalue weighted by Crippen LogP contribution is 2.30. The van der Waals surface area contributed by atoms with E-state index in [9.17, 15) is 9.59 Å². The van der Waals surface area contributed by atoms with Gasteiger partial charge in [-0.2, -0.15) is 5.10 Å². The number of esters is 1. The molecule has 2 rings (SSSR count). The maximum Gasteiger partial charge on any atom is 0.360 e. The fourth-order valence-corrected chi connectivity index (χ4v) is 2.62. The van der Waals surface area contributed by atoms with Crippen LogP contribution in [0.3, 0.4) is 0 Å². The van der Waals surface area contributed by atoms with Crippen molar-refractivity contribution in [2.45, 2.75) is 26.7 Å². The molecule has 1 aromatic carbocycles. The van der Waals surface area contributed by atoms with E-state index in [0.717, 1.165) is 0 Å². The summed E-state index contributed by atoms with van der Waals surface area (Å²) < 4.78 is 6.45. The molecule has 122 valence electrons. The zero-order valence-corrected chi connectivity index (χ0v) is 13.8. The summed E-state index contributed by atoms with van der Waals surface area (Å²) in [4.78, 5) is 23.1. The van der Waals surface area contributed by atoms with Crippen LogP contribution in [0.5, 0.6) is 0 Å². The van der Waals surface area contributed by atoms with Crippen LogP contribution in [-0.2, 0) is 4.74 Å². The van der Waals surface area contributed by atoms with E-state index in [-0.39, 0.29) is 28.8 Å². The van der Waals surface area contributed by atoms with E-state index in [1.807, 2.05) is 13.8 Å². The van der Waals surface area contributed by atoms with E-state index in [0.29, 0.717) is 11.4 Å². The molecule has 1 aromatic heterocycles. The lowest BCUT2D eigenvalue weighted by Gasteiger charge is -2.11. The minimum absolute atomic E-state index is 0.0216. The van der Waals surface area contributed by atoms with E-state index < -0.39 is 11.9 Å². The monoisotopic (exact) mass is 336 g/mol. The number of rotatable bonds is 5. The molecule has 7 heteroatoms. The van der Waals surface area contributed by atoms with Crippen molar-refractivity contribution >= 4 is 23.5 Å². The number of halogens is 1. The van der Waals surface area contributed by atoms with Gasteiger partial charge in [-0.05, 0) is 31.0 Å². The summed E-state index contributed by atoms with van der Waals surface area (Å²) in [5.74, 6) is -1.67. The third-order valence-electron chi connectivity index (χ3n) is 3.21. The highest BCUT2D eigenvalue weighted by Gasteiger charge is 2.25. The predicted octanol–water partition coefficient (Wildman–Crippen LogP) is 3.52. The predicted molar refractivity (Wildman–Crippen MR) is 85.6 cm³/mol.